The van der Waals surface area contributed by atoms with E-state index in [2.05, 4.69) is 20.2 Å². The predicted molar refractivity (Wildman–Crippen MR) is 117 cm³/mol. The van der Waals surface area contributed by atoms with Crippen LogP contribution in [-0.4, -0.2) is 68.6 Å². The molecule has 1 fully saturated rings. The number of hydrogen-bond donors (Lipinski definition) is 0. The van der Waals surface area contributed by atoms with Crippen molar-refractivity contribution in [2.24, 2.45) is 0 Å². The van der Waals surface area contributed by atoms with Crippen molar-refractivity contribution in [2.75, 3.05) is 32.9 Å². The highest BCUT2D eigenvalue weighted by Crippen LogP contribution is 2.26. The van der Waals surface area contributed by atoms with Crippen molar-refractivity contribution in [3.63, 3.8) is 0 Å². The molecule has 12 heteroatoms. The summed E-state index contributed by atoms with van der Waals surface area (Å²) in [5, 5.41) is 8.43. The van der Waals surface area contributed by atoms with E-state index in [1.165, 1.54) is 17.0 Å². The summed E-state index contributed by atoms with van der Waals surface area (Å²) in [6.45, 7) is 1.52. The van der Waals surface area contributed by atoms with Crippen LogP contribution >= 0.6 is 0 Å². The summed E-state index contributed by atoms with van der Waals surface area (Å²) in [7, 11) is 0. The third-order valence-corrected chi connectivity index (χ3v) is 5.40. The number of halogens is 2. The van der Waals surface area contributed by atoms with E-state index >= 15 is 0 Å². The van der Waals surface area contributed by atoms with Gasteiger partial charge in [0.05, 0.1) is 31.6 Å². The normalized spacial score (nSPS) is 13.7. The molecule has 1 saturated heterocycles. The van der Waals surface area contributed by atoms with E-state index in [1.54, 1.807) is 35.2 Å². The number of carbonyl (C=O) groups excluding carboxylic acids is 1. The van der Waals surface area contributed by atoms with Crippen LogP contribution in [0.15, 0.2) is 53.4 Å². The molecule has 1 aromatic carbocycles. The molecule has 5 rings (SSSR count). The third kappa shape index (κ3) is 5.01. The first-order chi connectivity index (χ1) is 17.1. The fourth-order valence-electron chi connectivity index (χ4n) is 3.60. The minimum atomic E-state index is -0.814. The van der Waals surface area contributed by atoms with Crippen LogP contribution < -0.4 is 4.74 Å². The molecule has 0 aliphatic carbocycles. The number of carbonyl (C=O) groups is 1. The van der Waals surface area contributed by atoms with Crippen molar-refractivity contribution in [1.29, 1.82) is 0 Å². The topological polar surface area (TPSA) is 108 Å². The maximum atomic E-state index is 14.3. The molecule has 0 atom stereocenters. The fourth-order valence-corrected chi connectivity index (χ4v) is 3.60. The second-order valence-corrected chi connectivity index (χ2v) is 7.68. The van der Waals surface area contributed by atoms with Crippen molar-refractivity contribution < 1.29 is 27.6 Å². The van der Waals surface area contributed by atoms with Crippen LogP contribution in [0.1, 0.15) is 5.56 Å². The zero-order chi connectivity index (χ0) is 24.2. The van der Waals surface area contributed by atoms with Gasteiger partial charge in [-0.1, -0.05) is 23.4 Å². The molecule has 0 unspecified atom stereocenters. The van der Waals surface area contributed by atoms with E-state index in [0.717, 1.165) is 6.20 Å². The maximum absolute atomic E-state index is 14.3. The lowest BCUT2D eigenvalue weighted by Crippen LogP contribution is -2.43. The predicted octanol–water partition coefficient (Wildman–Crippen LogP) is 2.56. The molecule has 0 spiro atoms. The molecule has 3 aromatic heterocycles. The van der Waals surface area contributed by atoms with E-state index in [4.69, 9.17) is 14.0 Å². The molecular weight excluding hydrogens is 462 g/mol. The Labute approximate surface area is 198 Å². The summed E-state index contributed by atoms with van der Waals surface area (Å²) in [6, 6.07) is 9.60. The van der Waals surface area contributed by atoms with Gasteiger partial charge in [-0.3, -0.25) is 9.48 Å². The number of ether oxygens (including phenoxy) is 2. The van der Waals surface area contributed by atoms with Gasteiger partial charge in [0.15, 0.2) is 12.4 Å². The average Bonchev–Trinajstić information content (AvgIpc) is 3.55. The van der Waals surface area contributed by atoms with Crippen LogP contribution in [-0.2, 0) is 16.1 Å². The van der Waals surface area contributed by atoms with Crippen LogP contribution in [0.3, 0.4) is 0 Å². The van der Waals surface area contributed by atoms with Gasteiger partial charge < -0.3 is 18.9 Å². The fraction of sp³-hybridized carbons (Fsp3) is 0.261. The molecule has 1 aliphatic heterocycles. The van der Waals surface area contributed by atoms with Gasteiger partial charge in [0.25, 0.3) is 11.8 Å². The number of hydrogen-bond acceptors (Lipinski definition) is 8. The number of aromatic nitrogens is 5. The van der Waals surface area contributed by atoms with Crippen molar-refractivity contribution in [3.8, 4) is 28.8 Å². The van der Waals surface area contributed by atoms with E-state index < -0.39 is 5.82 Å². The zero-order valence-electron chi connectivity index (χ0n) is 18.4. The highest BCUT2D eigenvalue weighted by Gasteiger charge is 2.21. The summed E-state index contributed by atoms with van der Waals surface area (Å²) in [5.41, 5.74) is 1.69. The van der Waals surface area contributed by atoms with Gasteiger partial charge in [-0.05, 0) is 12.1 Å². The van der Waals surface area contributed by atoms with Gasteiger partial charge >= 0.3 is 0 Å². The zero-order valence-corrected chi connectivity index (χ0v) is 18.4. The van der Waals surface area contributed by atoms with Gasteiger partial charge in [-0.25, -0.2) is 9.37 Å². The van der Waals surface area contributed by atoms with Crippen LogP contribution in [0.25, 0.3) is 22.9 Å². The Hall–Kier alpha value is -4.19. The lowest BCUT2D eigenvalue weighted by atomic mass is 10.2. The standard InChI is InChI=1S/C23H20F2N6O4/c24-16-4-2-1-3-15(16)13-31-20(18-5-8-35-29-18)11-19(28-31)22-26-12-17(25)23(27-22)34-14-21(32)30-6-9-33-10-7-30/h1-5,8,11-12H,6-7,9-10,13-14H2. The summed E-state index contributed by atoms with van der Waals surface area (Å²) in [4.78, 5) is 22.1. The minimum Gasteiger partial charge on any atom is -0.465 e. The molecule has 0 bridgehead atoms. The van der Waals surface area contributed by atoms with Crippen molar-refractivity contribution in [2.45, 2.75) is 6.54 Å². The lowest BCUT2D eigenvalue weighted by Gasteiger charge is -2.26. The largest absolute Gasteiger partial charge is 0.465 e. The first-order valence-electron chi connectivity index (χ1n) is 10.8. The van der Waals surface area contributed by atoms with Gasteiger partial charge in [0, 0.05) is 24.7 Å². The van der Waals surface area contributed by atoms with Crippen molar-refractivity contribution >= 4 is 5.91 Å². The molecule has 4 heterocycles. The monoisotopic (exact) mass is 482 g/mol. The molecule has 180 valence electrons. The quantitative estimate of drug-likeness (QED) is 0.396. The molecule has 35 heavy (non-hydrogen) atoms. The number of amides is 1. The van der Waals surface area contributed by atoms with Crippen LogP contribution in [0.2, 0.25) is 0 Å². The van der Waals surface area contributed by atoms with Gasteiger partial charge in [-0.15, -0.1) is 0 Å². The number of rotatable bonds is 7. The molecule has 0 saturated carbocycles. The Morgan fingerprint density at radius 1 is 1.09 bits per heavy atom. The van der Waals surface area contributed by atoms with Gasteiger partial charge in [0.2, 0.25) is 5.82 Å². The average molecular weight is 482 g/mol. The molecule has 0 radical (unpaired) electrons. The Morgan fingerprint density at radius 2 is 1.91 bits per heavy atom. The van der Waals surface area contributed by atoms with Crippen LogP contribution in [0, 0.1) is 11.6 Å². The Kier molecular flexibility index (Phi) is 6.44. The SMILES string of the molecule is O=C(COc1nc(-c2cc(-c3ccon3)n(Cc3ccccc3F)n2)ncc1F)N1CCOCC1. The van der Waals surface area contributed by atoms with E-state index in [1.807, 2.05) is 0 Å². The summed E-state index contributed by atoms with van der Waals surface area (Å²) in [6.07, 6.45) is 2.35. The molecule has 1 aliphatic rings. The summed E-state index contributed by atoms with van der Waals surface area (Å²) >= 11 is 0. The molecular formula is C23H20F2N6O4. The number of morpholine rings is 1. The van der Waals surface area contributed by atoms with Crippen LogP contribution in [0.5, 0.6) is 5.88 Å². The highest BCUT2D eigenvalue weighted by atomic mass is 19.1. The molecule has 1 amide bonds. The minimum absolute atomic E-state index is 0.0669. The number of benzene rings is 1. The van der Waals surface area contributed by atoms with Gasteiger partial charge in [0.1, 0.15) is 23.5 Å². The van der Waals surface area contributed by atoms with Crippen molar-refractivity contribution in [3.05, 3.63) is 66.1 Å². The second kappa shape index (κ2) is 9.97. The first kappa shape index (κ1) is 22.6. The molecule has 10 nitrogen and oxygen atoms in total. The van der Waals surface area contributed by atoms with Crippen LogP contribution in [0.4, 0.5) is 8.78 Å². The van der Waals surface area contributed by atoms with E-state index in [0.29, 0.717) is 43.3 Å². The van der Waals surface area contributed by atoms with Gasteiger partial charge in [-0.2, -0.15) is 14.5 Å². The number of nitrogens with zero attached hydrogens (tertiary/aromatic N) is 6. The van der Waals surface area contributed by atoms with Crippen molar-refractivity contribution in [1.82, 2.24) is 29.8 Å². The Bertz CT molecular complexity index is 1320. The maximum Gasteiger partial charge on any atom is 0.260 e. The van der Waals surface area contributed by atoms with E-state index in [-0.39, 0.29) is 42.3 Å². The summed E-state index contributed by atoms with van der Waals surface area (Å²) < 4.78 is 45.7. The molecule has 0 N–H and O–H groups in total. The molecule has 4 aromatic rings. The highest BCUT2D eigenvalue weighted by molar-refractivity contribution is 5.77. The first-order valence-corrected chi connectivity index (χ1v) is 10.8. The smallest absolute Gasteiger partial charge is 0.260 e. The Morgan fingerprint density at radius 3 is 2.69 bits per heavy atom. The second-order valence-electron chi connectivity index (χ2n) is 7.68. The lowest BCUT2D eigenvalue weighted by molar-refractivity contribution is -0.137. The van der Waals surface area contributed by atoms with E-state index in [9.17, 15) is 13.6 Å². The Balaban J connectivity index is 1.41. The summed E-state index contributed by atoms with van der Waals surface area (Å²) in [5.74, 6) is -1.80. The third-order valence-electron chi connectivity index (χ3n) is 5.40.